The van der Waals surface area contributed by atoms with Gasteiger partial charge in [-0.05, 0) is 33.1 Å². The van der Waals surface area contributed by atoms with Crippen LogP contribution in [0.2, 0.25) is 0 Å². The summed E-state index contributed by atoms with van der Waals surface area (Å²) in [7, 11) is 0. The van der Waals surface area contributed by atoms with E-state index in [1.54, 1.807) is 0 Å². The van der Waals surface area contributed by atoms with E-state index in [1.165, 1.54) is 0 Å². The molecule has 0 aromatic carbocycles. The minimum Gasteiger partial charge on any atom is -0.365 e. The molecule has 1 heterocycles. The summed E-state index contributed by atoms with van der Waals surface area (Å²) in [6.07, 6.45) is 2.87. The largest absolute Gasteiger partial charge is 0.365 e. The Bertz CT molecular complexity index is 182. The topological polar surface area (TPSA) is 38.3 Å². The van der Waals surface area contributed by atoms with Crippen molar-refractivity contribution < 1.29 is 9.53 Å². The van der Waals surface area contributed by atoms with Gasteiger partial charge >= 0.3 is 0 Å². The summed E-state index contributed by atoms with van der Waals surface area (Å²) >= 11 is 0. The van der Waals surface area contributed by atoms with E-state index in [9.17, 15) is 4.79 Å². The van der Waals surface area contributed by atoms with Crippen molar-refractivity contribution in [2.75, 3.05) is 0 Å². The normalized spacial score (nSPS) is 30.1. The molecule has 0 aliphatic carbocycles. The molecule has 1 rings (SSSR count). The molecule has 0 aromatic heterocycles. The Morgan fingerprint density at radius 1 is 1.62 bits per heavy atom. The molecule has 1 saturated heterocycles. The third kappa shape index (κ3) is 2.99. The van der Waals surface area contributed by atoms with E-state index < -0.39 is 0 Å². The monoisotopic (exact) mass is 185 g/mol. The van der Waals surface area contributed by atoms with Gasteiger partial charge in [-0.15, -0.1) is 0 Å². The summed E-state index contributed by atoms with van der Waals surface area (Å²) in [6.45, 7) is 6.08. The predicted molar refractivity (Wildman–Crippen MR) is 51.5 cm³/mol. The molecule has 3 atom stereocenters. The van der Waals surface area contributed by atoms with Crippen LogP contribution in [0.15, 0.2) is 0 Å². The number of rotatable bonds is 3. The Morgan fingerprint density at radius 2 is 2.31 bits per heavy atom. The first-order chi connectivity index (χ1) is 6.13. The minimum atomic E-state index is -0.205. The summed E-state index contributed by atoms with van der Waals surface area (Å²) in [5.74, 6) is 0.0544. The minimum absolute atomic E-state index is 0.0544. The fourth-order valence-electron chi connectivity index (χ4n) is 1.43. The zero-order valence-electron chi connectivity index (χ0n) is 8.67. The molecular weight excluding hydrogens is 166 g/mol. The summed E-state index contributed by atoms with van der Waals surface area (Å²) in [6, 6.07) is 0.256. The summed E-state index contributed by atoms with van der Waals surface area (Å²) < 4.78 is 5.46. The second-order valence-electron chi connectivity index (χ2n) is 3.83. The maximum atomic E-state index is 11.5. The highest BCUT2D eigenvalue weighted by atomic mass is 16.5. The first kappa shape index (κ1) is 10.5. The molecule has 3 nitrogen and oxygen atoms in total. The highest BCUT2D eigenvalue weighted by Gasteiger charge is 2.28. The number of amides is 1. The molecule has 0 radical (unpaired) electrons. The van der Waals surface area contributed by atoms with Crippen LogP contribution in [0.4, 0.5) is 0 Å². The Hall–Kier alpha value is -0.570. The van der Waals surface area contributed by atoms with Gasteiger partial charge in [0.25, 0.3) is 0 Å². The van der Waals surface area contributed by atoms with E-state index >= 15 is 0 Å². The van der Waals surface area contributed by atoms with Gasteiger partial charge < -0.3 is 10.1 Å². The van der Waals surface area contributed by atoms with E-state index in [1.807, 2.05) is 13.8 Å². The smallest absolute Gasteiger partial charge is 0.249 e. The molecule has 0 saturated carbocycles. The Labute approximate surface area is 79.8 Å². The Balaban J connectivity index is 2.31. The number of carbonyl (C=O) groups is 1. The van der Waals surface area contributed by atoms with Crippen LogP contribution in [0.1, 0.15) is 40.0 Å². The lowest BCUT2D eigenvalue weighted by Crippen LogP contribution is -2.39. The van der Waals surface area contributed by atoms with Crippen molar-refractivity contribution in [3.63, 3.8) is 0 Å². The van der Waals surface area contributed by atoms with Crippen LogP contribution in [-0.4, -0.2) is 24.2 Å². The number of carbonyl (C=O) groups excluding carboxylic acids is 1. The van der Waals surface area contributed by atoms with Crippen LogP contribution < -0.4 is 5.32 Å². The third-order valence-electron chi connectivity index (χ3n) is 2.53. The van der Waals surface area contributed by atoms with Crippen LogP contribution in [0.25, 0.3) is 0 Å². The van der Waals surface area contributed by atoms with Gasteiger partial charge in [0, 0.05) is 6.04 Å². The van der Waals surface area contributed by atoms with Crippen molar-refractivity contribution in [1.29, 1.82) is 0 Å². The van der Waals surface area contributed by atoms with Gasteiger partial charge in [0.1, 0.15) is 6.10 Å². The number of nitrogens with one attached hydrogen (secondary N) is 1. The van der Waals surface area contributed by atoms with Gasteiger partial charge in [-0.3, -0.25) is 4.79 Å². The van der Waals surface area contributed by atoms with Crippen molar-refractivity contribution >= 4 is 5.91 Å². The molecule has 3 unspecified atom stereocenters. The maximum Gasteiger partial charge on any atom is 0.249 e. The number of ether oxygens (including phenoxy) is 1. The summed E-state index contributed by atoms with van der Waals surface area (Å²) in [5.41, 5.74) is 0. The van der Waals surface area contributed by atoms with Crippen molar-refractivity contribution in [1.82, 2.24) is 5.32 Å². The molecule has 1 amide bonds. The van der Waals surface area contributed by atoms with E-state index in [4.69, 9.17) is 4.74 Å². The van der Waals surface area contributed by atoms with Gasteiger partial charge in [0.2, 0.25) is 5.91 Å². The molecule has 1 N–H and O–H groups in total. The molecule has 1 aliphatic rings. The van der Waals surface area contributed by atoms with Gasteiger partial charge in [-0.2, -0.15) is 0 Å². The second-order valence-corrected chi connectivity index (χ2v) is 3.83. The van der Waals surface area contributed by atoms with Crippen LogP contribution >= 0.6 is 0 Å². The van der Waals surface area contributed by atoms with Gasteiger partial charge in [0.15, 0.2) is 0 Å². The fraction of sp³-hybridized carbons (Fsp3) is 0.900. The van der Waals surface area contributed by atoms with Crippen LogP contribution in [-0.2, 0) is 9.53 Å². The maximum absolute atomic E-state index is 11.5. The Kier molecular flexibility index (Phi) is 3.72. The summed E-state index contributed by atoms with van der Waals surface area (Å²) in [4.78, 5) is 11.5. The standard InChI is InChI=1S/C10H19NO2/c1-4-7(2)11-10(12)9-6-5-8(3)13-9/h7-9H,4-6H2,1-3H3,(H,11,12). The lowest BCUT2D eigenvalue weighted by Gasteiger charge is -2.15. The lowest BCUT2D eigenvalue weighted by atomic mass is 10.2. The highest BCUT2D eigenvalue weighted by Crippen LogP contribution is 2.19. The van der Waals surface area contributed by atoms with Crippen molar-refractivity contribution in [2.24, 2.45) is 0 Å². The van der Waals surface area contributed by atoms with Gasteiger partial charge in [0.05, 0.1) is 6.10 Å². The SMILES string of the molecule is CCC(C)NC(=O)C1CCC(C)O1. The summed E-state index contributed by atoms with van der Waals surface area (Å²) in [5, 5.41) is 2.93. The average molecular weight is 185 g/mol. The van der Waals surface area contributed by atoms with Crippen LogP contribution in [0.5, 0.6) is 0 Å². The van der Waals surface area contributed by atoms with Crippen molar-refractivity contribution in [3.8, 4) is 0 Å². The zero-order chi connectivity index (χ0) is 9.84. The van der Waals surface area contributed by atoms with E-state index in [0.29, 0.717) is 0 Å². The lowest BCUT2D eigenvalue weighted by molar-refractivity contribution is -0.132. The molecule has 3 heteroatoms. The van der Waals surface area contributed by atoms with Gasteiger partial charge in [-0.25, -0.2) is 0 Å². The fourth-order valence-corrected chi connectivity index (χ4v) is 1.43. The Morgan fingerprint density at radius 3 is 2.77 bits per heavy atom. The molecule has 1 aliphatic heterocycles. The van der Waals surface area contributed by atoms with E-state index in [-0.39, 0.29) is 24.2 Å². The van der Waals surface area contributed by atoms with Crippen molar-refractivity contribution in [2.45, 2.75) is 58.3 Å². The molecule has 1 fully saturated rings. The quantitative estimate of drug-likeness (QED) is 0.723. The average Bonchev–Trinajstić information content (AvgIpc) is 2.51. The molecular formula is C10H19NO2. The highest BCUT2D eigenvalue weighted by molar-refractivity contribution is 5.81. The zero-order valence-corrected chi connectivity index (χ0v) is 8.67. The van der Waals surface area contributed by atoms with E-state index in [2.05, 4.69) is 12.2 Å². The predicted octanol–water partition coefficient (Wildman–Crippen LogP) is 1.47. The molecule has 0 aromatic rings. The molecule has 0 bridgehead atoms. The first-order valence-electron chi connectivity index (χ1n) is 5.09. The molecule has 0 spiro atoms. The molecule has 13 heavy (non-hydrogen) atoms. The van der Waals surface area contributed by atoms with Crippen LogP contribution in [0.3, 0.4) is 0 Å². The van der Waals surface area contributed by atoms with E-state index in [0.717, 1.165) is 19.3 Å². The molecule has 76 valence electrons. The van der Waals surface area contributed by atoms with Crippen LogP contribution in [0, 0.1) is 0 Å². The number of hydrogen-bond donors (Lipinski definition) is 1. The third-order valence-corrected chi connectivity index (χ3v) is 2.53. The van der Waals surface area contributed by atoms with Crippen molar-refractivity contribution in [3.05, 3.63) is 0 Å². The second kappa shape index (κ2) is 4.61. The van der Waals surface area contributed by atoms with Gasteiger partial charge in [-0.1, -0.05) is 6.92 Å². The number of hydrogen-bond acceptors (Lipinski definition) is 2. The first-order valence-corrected chi connectivity index (χ1v) is 5.09.